The summed E-state index contributed by atoms with van der Waals surface area (Å²) in [7, 11) is 1.71. The summed E-state index contributed by atoms with van der Waals surface area (Å²) in [6.45, 7) is 6.36. The lowest BCUT2D eigenvalue weighted by atomic mass is 10.2. The van der Waals surface area contributed by atoms with Crippen LogP contribution in [0.2, 0.25) is 0 Å². The monoisotopic (exact) mass is 430 g/mol. The summed E-state index contributed by atoms with van der Waals surface area (Å²) in [5.74, 6) is 1.14. The zero-order valence-corrected chi connectivity index (χ0v) is 18.5. The Kier molecular flexibility index (Phi) is 7.25. The second-order valence-electron chi connectivity index (χ2n) is 8.06. The molecule has 0 aliphatic carbocycles. The average Bonchev–Trinajstić information content (AvgIpc) is 3.48. The number of methoxy groups -OCH3 is 1. The van der Waals surface area contributed by atoms with Gasteiger partial charge in [-0.05, 0) is 36.4 Å². The van der Waals surface area contributed by atoms with Crippen molar-refractivity contribution in [1.29, 1.82) is 0 Å². The molecule has 0 spiro atoms. The van der Waals surface area contributed by atoms with E-state index in [1.807, 2.05) is 23.1 Å². The van der Waals surface area contributed by atoms with Gasteiger partial charge in [-0.2, -0.15) is 0 Å². The van der Waals surface area contributed by atoms with Crippen molar-refractivity contribution < 1.29 is 19.2 Å². The third kappa shape index (κ3) is 5.33. The van der Waals surface area contributed by atoms with Crippen LogP contribution >= 0.6 is 11.3 Å². The van der Waals surface area contributed by atoms with E-state index in [4.69, 9.17) is 9.47 Å². The summed E-state index contributed by atoms with van der Waals surface area (Å²) in [5.41, 5.74) is 1.11. The summed E-state index contributed by atoms with van der Waals surface area (Å²) in [6, 6.07) is 12.3. The second-order valence-corrected chi connectivity index (χ2v) is 9.09. The van der Waals surface area contributed by atoms with Crippen LogP contribution in [0, 0.1) is 0 Å². The first-order valence-electron chi connectivity index (χ1n) is 10.9. The molecule has 2 atom stereocenters. The standard InChI is InChI=1S/C23H31N3O3S/c1-28-22-9-3-2-8-21(22)25-10-12-26(13-11-25)23(27)18-24(16-19-6-4-14-29-19)17-20-7-5-15-30-20/h2-3,5,7-9,15,19H,4,6,10-14,16-18H2,1H3/p+1/t19-/m0/s1. The SMILES string of the molecule is COc1ccccc1N1CCN(C(=O)C[NH+](Cc2cccs2)C[C@@H]2CCCO2)CC1. The maximum absolute atomic E-state index is 13.1. The van der Waals surface area contributed by atoms with Crippen LogP contribution in [0.1, 0.15) is 17.7 Å². The Bertz CT molecular complexity index is 800. The molecule has 162 valence electrons. The van der Waals surface area contributed by atoms with Crippen LogP contribution in [0.4, 0.5) is 5.69 Å². The van der Waals surface area contributed by atoms with Gasteiger partial charge >= 0.3 is 0 Å². The lowest BCUT2D eigenvalue weighted by molar-refractivity contribution is -0.908. The zero-order chi connectivity index (χ0) is 20.8. The molecule has 2 aliphatic rings. The van der Waals surface area contributed by atoms with Gasteiger partial charge in [0.1, 0.15) is 24.9 Å². The molecule has 2 fully saturated rings. The van der Waals surface area contributed by atoms with Gasteiger partial charge in [-0.3, -0.25) is 4.79 Å². The molecule has 2 saturated heterocycles. The van der Waals surface area contributed by atoms with Gasteiger partial charge in [-0.25, -0.2) is 0 Å². The first-order chi connectivity index (χ1) is 14.7. The highest BCUT2D eigenvalue weighted by molar-refractivity contribution is 7.09. The summed E-state index contributed by atoms with van der Waals surface area (Å²) < 4.78 is 11.4. The fourth-order valence-electron chi connectivity index (χ4n) is 4.41. The van der Waals surface area contributed by atoms with E-state index in [0.717, 1.165) is 70.2 Å². The minimum Gasteiger partial charge on any atom is -0.495 e. The number of para-hydroxylation sites is 2. The molecule has 1 aromatic carbocycles. The molecule has 1 N–H and O–H groups in total. The Morgan fingerprint density at radius 1 is 1.20 bits per heavy atom. The average molecular weight is 431 g/mol. The number of nitrogens with one attached hydrogen (secondary N) is 1. The maximum atomic E-state index is 13.1. The molecule has 3 heterocycles. The van der Waals surface area contributed by atoms with E-state index >= 15 is 0 Å². The number of hydrogen-bond acceptors (Lipinski definition) is 5. The van der Waals surface area contributed by atoms with Crippen molar-refractivity contribution in [3.8, 4) is 5.75 Å². The van der Waals surface area contributed by atoms with E-state index in [2.05, 4.69) is 28.5 Å². The molecule has 0 bridgehead atoms. The van der Waals surface area contributed by atoms with Crippen molar-refractivity contribution in [2.75, 3.05) is 57.9 Å². The van der Waals surface area contributed by atoms with Gasteiger partial charge < -0.3 is 24.2 Å². The van der Waals surface area contributed by atoms with E-state index in [1.54, 1.807) is 18.4 Å². The summed E-state index contributed by atoms with van der Waals surface area (Å²) in [5, 5.41) is 2.11. The molecule has 1 amide bonds. The van der Waals surface area contributed by atoms with Crippen LogP contribution < -0.4 is 14.5 Å². The Hall–Kier alpha value is -2.09. The number of piperazine rings is 1. The third-order valence-corrected chi connectivity index (χ3v) is 6.88. The predicted molar refractivity (Wildman–Crippen MR) is 119 cm³/mol. The molecule has 1 unspecified atom stereocenters. The van der Waals surface area contributed by atoms with Crippen molar-refractivity contribution in [1.82, 2.24) is 4.90 Å². The van der Waals surface area contributed by atoms with Crippen LogP contribution in [-0.4, -0.2) is 69.9 Å². The van der Waals surface area contributed by atoms with Gasteiger partial charge in [-0.15, -0.1) is 11.3 Å². The van der Waals surface area contributed by atoms with Gasteiger partial charge in [0, 0.05) is 32.8 Å². The van der Waals surface area contributed by atoms with E-state index in [0.29, 0.717) is 6.54 Å². The van der Waals surface area contributed by atoms with Crippen molar-refractivity contribution in [2.24, 2.45) is 0 Å². The number of rotatable bonds is 8. The molecule has 0 radical (unpaired) electrons. The maximum Gasteiger partial charge on any atom is 0.277 e. The van der Waals surface area contributed by atoms with Gasteiger partial charge in [0.25, 0.3) is 5.91 Å². The normalized spacial score (nSPS) is 20.4. The molecule has 7 heteroatoms. The summed E-state index contributed by atoms with van der Waals surface area (Å²) in [4.78, 5) is 20.1. The van der Waals surface area contributed by atoms with Crippen LogP contribution in [0.25, 0.3) is 0 Å². The molecular formula is C23H32N3O3S+. The van der Waals surface area contributed by atoms with Crippen LogP contribution in [-0.2, 0) is 16.1 Å². The Morgan fingerprint density at radius 2 is 2.03 bits per heavy atom. The van der Waals surface area contributed by atoms with E-state index < -0.39 is 0 Å². The Labute approximate surface area is 183 Å². The van der Waals surface area contributed by atoms with Gasteiger partial charge in [0.2, 0.25) is 0 Å². The molecule has 1 aromatic heterocycles. The number of benzene rings is 1. The number of amides is 1. The van der Waals surface area contributed by atoms with Gasteiger partial charge in [0.05, 0.1) is 17.7 Å². The Balaban J connectivity index is 1.33. The van der Waals surface area contributed by atoms with Crippen molar-refractivity contribution in [3.63, 3.8) is 0 Å². The number of carbonyl (C=O) groups excluding carboxylic acids is 1. The predicted octanol–water partition coefficient (Wildman–Crippen LogP) is 1.67. The highest BCUT2D eigenvalue weighted by Gasteiger charge is 2.28. The van der Waals surface area contributed by atoms with E-state index in [-0.39, 0.29) is 12.0 Å². The zero-order valence-electron chi connectivity index (χ0n) is 17.7. The summed E-state index contributed by atoms with van der Waals surface area (Å²) in [6.07, 6.45) is 2.53. The minimum atomic E-state index is 0.249. The molecule has 4 rings (SSSR count). The molecule has 2 aromatic rings. The van der Waals surface area contributed by atoms with E-state index in [1.165, 1.54) is 9.78 Å². The number of ether oxygens (including phenoxy) is 2. The fraction of sp³-hybridized carbons (Fsp3) is 0.522. The number of quaternary nitrogens is 1. The van der Waals surface area contributed by atoms with Crippen LogP contribution in [0.15, 0.2) is 41.8 Å². The molecule has 0 saturated carbocycles. The fourth-order valence-corrected chi connectivity index (χ4v) is 5.18. The number of hydrogen-bond donors (Lipinski definition) is 1. The number of thiophene rings is 1. The first kappa shape index (κ1) is 21.2. The smallest absolute Gasteiger partial charge is 0.277 e. The van der Waals surface area contributed by atoms with E-state index in [9.17, 15) is 4.79 Å². The number of nitrogens with zero attached hydrogens (tertiary/aromatic N) is 2. The highest BCUT2D eigenvalue weighted by Crippen LogP contribution is 2.28. The van der Waals surface area contributed by atoms with Crippen molar-refractivity contribution in [3.05, 3.63) is 46.7 Å². The molecule has 6 nitrogen and oxygen atoms in total. The van der Waals surface area contributed by atoms with Crippen LogP contribution in [0.3, 0.4) is 0 Å². The lowest BCUT2D eigenvalue weighted by Crippen LogP contribution is -3.13. The van der Waals surface area contributed by atoms with Crippen molar-refractivity contribution >= 4 is 22.9 Å². The Morgan fingerprint density at radius 3 is 2.73 bits per heavy atom. The largest absolute Gasteiger partial charge is 0.495 e. The van der Waals surface area contributed by atoms with Crippen molar-refractivity contribution in [2.45, 2.75) is 25.5 Å². The third-order valence-electron chi connectivity index (χ3n) is 6.00. The van der Waals surface area contributed by atoms with Crippen LogP contribution in [0.5, 0.6) is 5.75 Å². The molecular weight excluding hydrogens is 398 g/mol. The quantitative estimate of drug-likeness (QED) is 0.692. The number of carbonyl (C=O) groups is 1. The molecule has 30 heavy (non-hydrogen) atoms. The second kappa shape index (κ2) is 10.3. The summed E-state index contributed by atoms with van der Waals surface area (Å²) >= 11 is 1.77. The number of anilines is 1. The first-order valence-corrected chi connectivity index (χ1v) is 11.7. The highest BCUT2D eigenvalue weighted by atomic mass is 32.1. The van der Waals surface area contributed by atoms with Gasteiger partial charge in [-0.1, -0.05) is 18.2 Å². The topological polar surface area (TPSA) is 46.5 Å². The molecule has 2 aliphatic heterocycles. The van der Waals surface area contributed by atoms with Gasteiger partial charge in [0.15, 0.2) is 6.54 Å². The lowest BCUT2D eigenvalue weighted by Gasteiger charge is -2.37. The minimum absolute atomic E-state index is 0.249.